The van der Waals surface area contributed by atoms with Crippen LogP contribution in [0.25, 0.3) is 16.3 Å². The second-order valence-electron chi connectivity index (χ2n) is 7.00. The molecular formula is C17H18ClN5OS. The molecule has 25 heavy (non-hydrogen) atoms. The summed E-state index contributed by atoms with van der Waals surface area (Å²) in [5.41, 5.74) is 2.26. The molecule has 4 rings (SSSR count). The van der Waals surface area contributed by atoms with Crippen molar-refractivity contribution < 1.29 is 4.79 Å². The van der Waals surface area contributed by atoms with E-state index in [4.69, 9.17) is 11.6 Å². The monoisotopic (exact) mass is 375 g/mol. The predicted octanol–water partition coefficient (Wildman–Crippen LogP) is 3.73. The van der Waals surface area contributed by atoms with E-state index in [1.165, 1.54) is 11.3 Å². The summed E-state index contributed by atoms with van der Waals surface area (Å²) in [6, 6.07) is 1.92. The van der Waals surface area contributed by atoms with Crippen LogP contribution in [0, 0.1) is 12.8 Å². The number of amides is 1. The lowest BCUT2D eigenvalue weighted by molar-refractivity contribution is 0.0900. The van der Waals surface area contributed by atoms with E-state index in [0.717, 1.165) is 23.5 Å². The van der Waals surface area contributed by atoms with Crippen LogP contribution in [0.15, 0.2) is 17.8 Å². The molecule has 0 atom stereocenters. The Balaban J connectivity index is 1.74. The average Bonchev–Trinajstić information content (AvgIpc) is 3.19. The van der Waals surface area contributed by atoms with Crippen molar-refractivity contribution >= 4 is 34.5 Å². The second-order valence-corrected chi connectivity index (χ2v) is 8.24. The van der Waals surface area contributed by atoms with Gasteiger partial charge in [0.15, 0.2) is 11.3 Å². The zero-order chi connectivity index (χ0) is 17.8. The third-order valence-electron chi connectivity index (χ3n) is 4.64. The van der Waals surface area contributed by atoms with Crippen molar-refractivity contribution in [2.24, 2.45) is 5.92 Å². The van der Waals surface area contributed by atoms with E-state index in [2.05, 4.69) is 34.1 Å². The molecule has 0 unspecified atom stereocenters. The molecule has 0 saturated heterocycles. The number of aromatic nitrogens is 4. The minimum Gasteiger partial charge on any atom is -0.345 e. The van der Waals surface area contributed by atoms with Crippen molar-refractivity contribution in [2.75, 3.05) is 0 Å². The zero-order valence-electron chi connectivity index (χ0n) is 14.2. The number of hydrogen-bond acceptors (Lipinski definition) is 5. The van der Waals surface area contributed by atoms with Crippen molar-refractivity contribution in [1.82, 2.24) is 24.7 Å². The molecule has 1 aliphatic carbocycles. The topological polar surface area (TPSA) is 72.2 Å². The second kappa shape index (κ2) is 5.78. The Morgan fingerprint density at radius 2 is 2.16 bits per heavy atom. The van der Waals surface area contributed by atoms with Gasteiger partial charge in [0.1, 0.15) is 22.2 Å². The summed E-state index contributed by atoms with van der Waals surface area (Å²) < 4.78 is 1.82. The molecule has 0 aromatic carbocycles. The molecule has 1 amide bonds. The Hall–Kier alpha value is -1.99. The van der Waals surface area contributed by atoms with E-state index < -0.39 is 0 Å². The van der Waals surface area contributed by atoms with Gasteiger partial charge in [-0.05, 0) is 45.6 Å². The molecule has 1 fully saturated rings. The number of hydrogen-bond donors (Lipinski definition) is 1. The largest absolute Gasteiger partial charge is 0.345 e. The van der Waals surface area contributed by atoms with E-state index in [-0.39, 0.29) is 11.4 Å². The van der Waals surface area contributed by atoms with Gasteiger partial charge in [0, 0.05) is 16.6 Å². The number of imidazole rings is 1. The Morgan fingerprint density at radius 1 is 1.40 bits per heavy atom. The van der Waals surface area contributed by atoms with Gasteiger partial charge >= 0.3 is 0 Å². The highest BCUT2D eigenvalue weighted by Crippen LogP contribution is 2.39. The summed E-state index contributed by atoms with van der Waals surface area (Å²) in [6.07, 6.45) is 3.95. The number of nitrogens with one attached hydrogen (secondary N) is 1. The SMILES string of the molecule is Cc1cc(-c2nc(Cl)cs2)nc2c(C(=O)NC(C)(C)C3CC3)ncn12. The van der Waals surface area contributed by atoms with Crippen molar-refractivity contribution in [3.05, 3.63) is 34.3 Å². The number of nitrogens with zero attached hydrogens (tertiary/aromatic N) is 4. The van der Waals surface area contributed by atoms with E-state index >= 15 is 0 Å². The maximum atomic E-state index is 12.8. The molecule has 6 nitrogen and oxygen atoms in total. The molecule has 130 valence electrons. The van der Waals surface area contributed by atoms with Crippen LogP contribution < -0.4 is 5.32 Å². The van der Waals surface area contributed by atoms with Crippen LogP contribution in [0.5, 0.6) is 0 Å². The van der Waals surface area contributed by atoms with Crippen LogP contribution in [0.3, 0.4) is 0 Å². The third-order valence-corrected chi connectivity index (χ3v) is 5.83. The molecule has 1 saturated carbocycles. The molecule has 3 aromatic heterocycles. The van der Waals surface area contributed by atoms with Gasteiger partial charge in [-0.25, -0.2) is 15.0 Å². The molecule has 1 aliphatic rings. The number of rotatable bonds is 4. The minimum atomic E-state index is -0.234. The first-order valence-electron chi connectivity index (χ1n) is 8.14. The fourth-order valence-electron chi connectivity index (χ4n) is 3.02. The quantitative estimate of drug-likeness (QED) is 0.754. The Morgan fingerprint density at radius 3 is 2.80 bits per heavy atom. The summed E-state index contributed by atoms with van der Waals surface area (Å²) >= 11 is 7.35. The van der Waals surface area contributed by atoms with Crippen LogP contribution in [0.1, 0.15) is 42.9 Å². The molecule has 0 spiro atoms. The molecule has 3 aromatic rings. The number of carbonyl (C=O) groups excluding carboxylic acids is 1. The van der Waals surface area contributed by atoms with E-state index in [9.17, 15) is 4.79 Å². The summed E-state index contributed by atoms with van der Waals surface area (Å²) in [7, 11) is 0. The number of aryl methyl sites for hydroxylation is 1. The Kier molecular flexibility index (Phi) is 3.81. The molecular weight excluding hydrogens is 358 g/mol. The minimum absolute atomic E-state index is 0.194. The van der Waals surface area contributed by atoms with Gasteiger partial charge in [0.25, 0.3) is 5.91 Å². The highest BCUT2D eigenvalue weighted by atomic mass is 35.5. The van der Waals surface area contributed by atoms with Gasteiger partial charge in [-0.15, -0.1) is 11.3 Å². The van der Waals surface area contributed by atoms with Gasteiger partial charge in [-0.1, -0.05) is 11.6 Å². The highest BCUT2D eigenvalue weighted by molar-refractivity contribution is 7.13. The maximum absolute atomic E-state index is 12.8. The smallest absolute Gasteiger partial charge is 0.274 e. The van der Waals surface area contributed by atoms with Crippen molar-refractivity contribution in [3.63, 3.8) is 0 Å². The van der Waals surface area contributed by atoms with Crippen LogP contribution >= 0.6 is 22.9 Å². The van der Waals surface area contributed by atoms with Gasteiger partial charge in [0.05, 0.1) is 0 Å². The third kappa shape index (κ3) is 3.02. The fourth-order valence-corrected chi connectivity index (χ4v) is 3.93. The molecule has 0 bridgehead atoms. The fraction of sp³-hybridized carbons (Fsp3) is 0.412. The first-order chi connectivity index (χ1) is 11.8. The predicted molar refractivity (Wildman–Crippen MR) is 98.1 cm³/mol. The van der Waals surface area contributed by atoms with Crippen LogP contribution in [0.4, 0.5) is 0 Å². The highest BCUT2D eigenvalue weighted by Gasteiger charge is 2.39. The van der Waals surface area contributed by atoms with Gasteiger partial charge in [0.2, 0.25) is 0 Å². The molecule has 3 heterocycles. The molecule has 0 aliphatic heterocycles. The lowest BCUT2D eigenvalue weighted by atomic mass is 9.98. The summed E-state index contributed by atoms with van der Waals surface area (Å²) in [5, 5.41) is 6.04. The van der Waals surface area contributed by atoms with E-state index in [1.807, 2.05) is 17.4 Å². The van der Waals surface area contributed by atoms with Crippen LogP contribution in [0.2, 0.25) is 5.15 Å². The van der Waals surface area contributed by atoms with Gasteiger partial charge in [-0.3, -0.25) is 9.20 Å². The normalized spacial score (nSPS) is 14.9. The van der Waals surface area contributed by atoms with Crippen LogP contribution in [-0.4, -0.2) is 30.8 Å². The Labute approximate surface area is 154 Å². The average molecular weight is 376 g/mol. The summed E-state index contributed by atoms with van der Waals surface area (Å²) in [6.45, 7) is 6.07. The number of carbonyl (C=O) groups is 1. The van der Waals surface area contributed by atoms with E-state index in [1.54, 1.807) is 11.7 Å². The van der Waals surface area contributed by atoms with E-state index in [0.29, 0.717) is 28.1 Å². The molecule has 1 N–H and O–H groups in total. The maximum Gasteiger partial charge on any atom is 0.274 e. The van der Waals surface area contributed by atoms with Gasteiger partial charge in [-0.2, -0.15) is 0 Å². The molecule has 8 heteroatoms. The lowest BCUT2D eigenvalue weighted by Crippen LogP contribution is -2.45. The summed E-state index contributed by atoms with van der Waals surface area (Å²) in [5.74, 6) is 0.341. The standard InChI is InChI=1S/C17H18ClN5OS/c1-9-6-11(16-21-12(18)7-25-16)20-14-13(19-8-23(9)14)15(24)22-17(2,3)10-4-5-10/h6-8,10H,4-5H2,1-3H3,(H,22,24). The van der Waals surface area contributed by atoms with Crippen LogP contribution in [-0.2, 0) is 0 Å². The first-order valence-corrected chi connectivity index (χ1v) is 9.39. The van der Waals surface area contributed by atoms with Gasteiger partial charge < -0.3 is 5.32 Å². The number of thiazole rings is 1. The lowest BCUT2D eigenvalue weighted by Gasteiger charge is -2.25. The number of halogens is 1. The first kappa shape index (κ1) is 16.5. The zero-order valence-corrected chi connectivity index (χ0v) is 15.8. The molecule has 0 radical (unpaired) electrons. The van der Waals surface area contributed by atoms with Crippen molar-refractivity contribution in [3.8, 4) is 10.7 Å². The summed E-state index contributed by atoms with van der Waals surface area (Å²) in [4.78, 5) is 26.0. The number of fused-ring (bicyclic) bond motifs is 1. The Bertz CT molecular complexity index is 973. The van der Waals surface area contributed by atoms with Crippen molar-refractivity contribution in [1.29, 1.82) is 0 Å². The van der Waals surface area contributed by atoms with Crippen molar-refractivity contribution in [2.45, 2.75) is 39.2 Å².